The van der Waals surface area contributed by atoms with Crippen LogP contribution in [0.25, 0.3) is 10.4 Å². The molecule has 1 aromatic carbocycles. The van der Waals surface area contributed by atoms with Crippen LogP contribution in [0.15, 0.2) is 29.4 Å². The van der Waals surface area contributed by atoms with Gasteiger partial charge in [-0.1, -0.05) is 38.0 Å². The molecule has 0 saturated carbocycles. The molecule has 0 bridgehead atoms. The van der Waals surface area contributed by atoms with Crippen molar-refractivity contribution in [2.24, 2.45) is 5.11 Å². The van der Waals surface area contributed by atoms with Crippen molar-refractivity contribution in [2.75, 3.05) is 13.1 Å². The minimum atomic E-state index is 0.0299. The zero-order valence-electron chi connectivity index (χ0n) is 12.9. The van der Waals surface area contributed by atoms with Gasteiger partial charge in [0.1, 0.15) is 0 Å². The fourth-order valence-electron chi connectivity index (χ4n) is 2.55. The fourth-order valence-corrected chi connectivity index (χ4v) is 2.55. The molecule has 1 aliphatic heterocycles. The fraction of sp³-hybridized carbons (Fsp3) is 0.562. The number of benzene rings is 1. The molecule has 0 aromatic heterocycles. The predicted octanol–water partition coefficient (Wildman–Crippen LogP) is 3.90. The molecule has 0 unspecified atom stereocenters. The Kier molecular flexibility index (Phi) is 4.53. The van der Waals surface area contributed by atoms with Gasteiger partial charge in [-0.3, -0.25) is 4.79 Å². The second-order valence-electron chi connectivity index (χ2n) is 6.56. The molecule has 0 atom stereocenters. The van der Waals surface area contributed by atoms with Crippen molar-refractivity contribution in [3.8, 4) is 0 Å². The number of carbonyl (C=O) groups excluding carboxylic acids is 1. The van der Waals surface area contributed by atoms with Gasteiger partial charge in [0.15, 0.2) is 0 Å². The number of hydrogen-bond acceptors (Lipinski definition) is 2. The standard InChI is InChI=1S/C16H22N4O/c1-16(2,3)13-6-4-12(5-7-13)15(21)20-10-8-14(9-11-20)18-19-17/h4-7,14H,8-11H2,1-3H3. The molecule has 1 amide bonds. The highest BCUT2D eigenvalue weighted by molar-refractivity contribution is 5.94. The summed E-state index contributed by atoms with van der Waals surface area (Å²) >= 11 is 0. The Hall–Kier alpha value is -2.00. The molecule has 1 saturated heterocycles. The highest BCUT2D eigenvalue weighted by atomic mass is 16.2. The van der Waals surface area contributed by atoms with Crippen LogP contribution in [-0.4, -0.2) is 29.9 Å². The van der Waals surface area contributed by atoms with Crippen LogP contribution in [0.1, 0.15) is 49.5 Å². The first kappa shape index (κ1) is 15.4. The summed E-state index contributed by atoms with van der Waals surface area (Å²) in [6.07, 6.45) is 1.49. The van der Waals surface area contributed by atoms with Gasteiger partial charge in [0.05, 0.1) is 0 Å². The number of likely N-dealkylation sites (tertiary alicyclic amines) is 1. The van der Waals surface area contributed by atoms with Crippen LogP contribution in [-0.2, 0) is 5.41 Å². The lowest BCUT2D eigenvalue weighted by molar-refractivity contribution is 0.0714. The Morgan fingerprint density at radius 3 is 2.29 bits per heavy atom. The molecular formula is C16H22N4O. The van der Waals surface area contributed by atoms with E-state index in [1.807, 2.05) is 29.2 Å². The highest BCUT2D eigenvalue weighted by Gasteiger charge is 2.23. The van der Waals surface area contributed by atoms with Crippen molar-refractivity contribution in [1.29, 1.82) is 0 Å². The van der Waals surface area contributed by atoms with E-state index in [9.17, 15) is 4.79 Å². The lowest BCUT2D eigenvalue weighted by Crippen LogP contribution is -2.39. The van der Waals surface area contributed by atoms with Crippen molar-refractivity contribution >= 4 is 5.91 Å². The maximum atomic E-state index is 12.4. The van der Waals surface area contributed by atoms with Crippen molar-refractivity contribution in [3.63, 3.8) is 0 Å². The Balaban J connectivity index is 2.02. The second kappa shape index (κ2) is 6.19. The Morgan fingerprint density at radius 2 is 1.81 bits per heavy atom. The van der Waals surface area contributed by atoms with Gasteiger partial charge >= 0.3 is 0 Å². The van der Waals surface area contributed by atoms with E-state index in [1.165, 1.54) is 5.56 Å². The Bertz CT molecular complexity index is 545. The van der Waals surface area contributed by atoms with E-state index in [2.05, 4.69) is 30.8 Å². The average Bonchev–Trinajstić information content (AvgIpc) is 2.47. The molecular weight excluding hydrogens is 264 g/mol. The molecule has 5 heteroatoms. The molecule has 0 N–H and O–H groups in total. The normalized spacial score (nSPS) is 16.4. The van der Waals surface area contributed by atoms with E-state index >= 15 is 0 Å². The van der Waals surface area contributed by atoms with E-state index < -0.39 is 0 Å². The SMILES string of the molecule is CC(C)(C)c1ccc(C(=O)N2CCC(N=[N+]=[N-])CC2)cc1. The van der Waals surface area contributed by atoms with Gasteiger partial charge in [0, 0.05) is 29.6 Å². The van der Waals surface area contributed by atoms with Gasteiger partial charge in [0.2, 0.25) is 0 Å². The molecule has 0 spiro atoms. The molecule has 0 radical (unpaired) electrons. The largest absolute Gasteiger partial charge is 0.339 e. The third-order valence-corrected chi connectivity index (χ3v) is 3.96. The summed E-state index contributed by atoms with van der Waals surface area (Å²) in [7, 11) is 0. The maximum absolute atomic E-state index is 12.4. The molecule has 5 nitrogen and oxygen atoms in total. The monoisotopic (exact) mass is 286 g/mol. The lowest BCUT2D eigenvalue weighted by atomic mass is 9.86. The van der Waals surface area contributed by atoms with Crippen LogP contribution in [0.2, 0.25) is 0 Å². The first-order valence-corrected chi connectivity index (χ1v) is 7.36. The van der Waals surface area contributed by atoms with E-state index in [0.29, 0.717) is 13.1 Å². The summed E-state index contributed by atoms with van der Waals surface area (Å²) < 4.78 is 0. The van der Waals surface area contributed by atoms with E-state index in [-0.39, 0.29) is 17.4 Å². The molecule has 112 valence electrons. The van der Waals surface area contributed by atoms with Crippen LogP contribution in [0.4, 0.5) is 0 Å². The number of rotatable bonds is 2. The number of amides is 1. The zero-order chi connectivity index (χ0) is 15.5. The molecule has 21 heavy (non-hydrogen) atoms. The predicted molar refractivity (Wildman–Crippen MR) is 83.2 cm³/mol. The highest BCUT2D eigenvalue weighted by Crippen LogP contribution is 2.23. The number of piperidine rings is 1. The first-order chi connectivity index (χ1) is 9.91. The summed E-state index contributed by atoms with van der Waals surface area (Å²) in [5, 5.41) is 3.73. The van der Waals surface area contributed by atoms with Gasteiger partial charge in [0.25, 0.3) is 5.91 Å². The molecule has 1 aliphatic rings. The summed E-state index contributed by atoms with van der Waals surface area (Å²) in [6, 6.07) is 7.90. The smallest absolute Gasteiger partial charge is 0.253 e. The van der Waals surface area contributed by atoms with Gasteiger partial charge in [-0.2, -0.15) is 0 Å². The third kappa shape index (κ3) is 3.76. The van der Waals surface area contributed by atoms with Crippen LogP contribution in [0.3, 0.4) is 0 Å². The van der Waals surface area contributed by atoms with Crippen molar-refractivity contribution in [3.05, 3.63) is 45.8 Å². The van der Waals surface area contributed by atoms with E-state index in [4.69, 9.17) is 5.53 Å². The van der Waals surface area contributed by atoms with Gasteiger partial charge in [-0.05, 0) is 41.5 Å². The molecule has 1 fully saturated rings. The molecule has 1 aromatic rings. The first-order valence-electron chi connectivity index (χ1n) is 7.36. The summed E-state index contributed by atoms with van der Waals surface area (Å²) in [6.45, 7) is 7.78. The summed E-state index contributed by atoms with van der Waals surface area (Å²) in [5.74, 6) is 0.0647. The number of nitrogens with zero attached hydrogens (tertiary/aromatic N) is 4. The Morgan fingerprint density at radius 1 is 1.24 bits per heavy atom. The quantitative estimate of drug-likeness (QED) is 0.462. The van der Waals surface area contributed by atoms with Crippen molar-refractivity contribution in [1.82, 2.24) is 4.90 Å². The second-order valence-corrected chi connectivity index (χ2v) is 6.56. The molecule has 0 aliphatic carbocycles. The average molecular weight is 286 g/mol. The third-order valence-electron chi connectivity index (χ3n) is 3.96. The Labute approximate surface area is 125 Å². The minimum Gasteiger partial charge on any atom is -0.339 e. The van der Waals surface area contributed by atoms with Crippen LogP contribution in [0.5, 0.6) is 0 Å². The van der Waals surface area contributed by atoms with E-state index in [1.54, 1.807) is 0 Å². The molecule has 1 heterocycles. The van der Waals surface area contributed by atoms with Crippen LogP contribution in [0, 0.1) is 0 Å². The summed E-state index contributed by atoms with van der Waals surface area (Å²) in [4.78, 5) is 17.1. The zero-order valence-corrected chi connectivity index (χ0v) is 12.9. The van der Waals surface area contributed by atoms with Gasteiger partial charge < -0.3 is 4.90 Å². The summed E-state index contributed by atoms with van der Waals surface area (Å²) in [5.41, 5.74) is 10.5. The topological polar surface area (TPSA) is 69.1 Å². The van der Waals surface area contributed by atoms with Crippen molar-refractivity contribution < 1.29 is 4.79 Å². The number of hydrogen-bond donors (Lipinski definition) is 0. The molecule has 2 rings (SSSR count). The van der Waals surface area contributed by atoms with Crippen molar-refractivity contribution in [2.45, 2.75) is 45.1 Å². The van der Waals surface area contributed by atoms with Gasteiger partial charge in [-0.15, -0.1) is 0 Å². The number of azide groups is 1. The van der Waals surface area contributed by atoms with Crippen LogP contribution < -0.4 is 0 Å². The maximum Gasteiger partial charge on any atom is 0.253 e. The minimum absolute atomic E-state index is 0.0299. The van der Waals surface area contributed by atoms with Crippen LogP contribution >= 0.6 is 0 Å². The van der Waals surface area contributed by atoms with Gasteiger partial charge in [-0.25, -0.2) is 0 Å². The lowest BCUT2D eigenvalue weighted by Gasteiger charge is -2.30. The number of carbonyl (C=O) groups is 1. The van der Waals surface area contributed by atoms with E-state index in [0.717, 1.165) is 18.4 Å².